The second kappa shape index (κ2) is 6.58. The second-order valence-electron chi connectivity index (χ2n) is 5.70. The van der Waals surface area contributed by atoms with Crippen LogP contribution in [0.2, 0.25) is 0 Å². The molecule has 0 fully saturated rings. The van der Waals surface area contributed by atoms with E-state index in [-0.39, 0.29) is 11.4 Å². The molecule has 3 rings (SSSR count). The summed E-state index contributed by atoms with van der Waals surface area (Å²) in [5.74, 6) is 0.148. The van der Waals surface area contributed by atoms with E-state index in [0.717, 1.165) is 11.1 Å². The average Bonchev–Trinajstić information content (AvgIpc) is 2.57. The van der Waals surface area contributed by atoms with Crippen LogP contribution in [0.4, 0.5) is 5.82 Å². The van der Waals surface area contributed by atoms with Crippen LogP contribution in [0.1, 0.15) is 11.1 Å². The van der Waals surface area contributed by atoms with Gasteiger partial charge in [-0.1, -0.05) is 48.5 Å². The molecule has 0 spiro atoms. The lowest BCUT2D eigenvalue weighted by molar-refractivity contribution is 0.611. The molecule has 0 radical (unpaired) electrons. The van der Waals surface area contributed by atoms with Gasteiger partial charge in [0.15, 0.2) is 0 Å². The molecule has 0 aliphatic rings. The van der Waals surface area contributed by atoms with E-state index in [1.165, 1.54) is 15.2 Å². The molecule has 0 aliphatic heterocycles. The van der Waals surface area contributed by atoms with Crippen molar-refractivity contribution in [2.75, 3.05) is 5.73 Å². The number of hydrogen-bond donors (Lipinski definition) is 1. The fraction of sp³-hybridized carbons (Fsp3) is 0.158. The molecular weight excluding hydrogens is 302 g/mol. The summed E-state index contributed by atoms with van der Waals surface area (Å²) in [6, 6.07) is 18.5. The second-order valence-corrected chi connectivity index (χ2v) is 5.70. The third-order valence-electron chi connectivity index (χ3n) is 4.04. The number of benzene rings is 2. The van der Waals surface area contributed by atoms with Crippen LogP contribution in [-0.4, -0.2) is 9.13 Å². The van der Waals surface area contributed by atoms with Gasteiger partial charge in [-0.25, -0.2) is 9.36 Å². The molecule has 24 heavy (non-hydrogen) atoms. The molecule has 0 aliphatic carbocycles. The molecule has 2 aromatic carbocycles. The molecule has 0 unspecified atom stereocenters. The number of aryl methyl sites for hydroxylation is 2. The summed E-state index contributed by atoms with van der Waals surface area (Å²) in [4.78, 5) is 25.1. The summed E-state index contributed by atoms with van der Waals surface area (Å²) >= 11 is 0. The van der Waals surface area contributed by atoms with Gasteiger partial charge in [0.05, 0.1) is 5.69 Å². The topological polar surface area (TPSA) is 70.0 Å². The van der Waals surface area contributed by atoms with Gasteiger partial charge in [0.1, 0.15) is 5.82 Å². The molecule has 1 aromatic heterocycles. The number of nitrogens with two attached hydrogens (primary N) is 1. The fourth-order valence-corrected chi connectivity index (χ4v) is 2.74. The molecule has 0 saturated carbocycles. The van der Waals surface area contributed by atoms with Gasteiger partial charge in [-0.15, -0.1) is 0 Å². The molecule has 2 N–H and O–H groups in total. The van der Waals surface area contributed by atoms with E-state index in [1.807, 2.05) is 61.5 Å². The van der Waals surface area contributed by atoms with Crippen LogP contribution in [0.15, 0.2) is 70.3 Å². The van der Waals surface area contributed by atoms with Crippen LogP contribution in [0, 0.1) is 6.92 Å². The van der Waals surface area contributed by atoms with Crippen molar-refractivity contribution in [1.82, 2.24) is 9.13 Å². The predicted octanol–water partition coefficient (Wildman–Crippen LogP) is 2.13. The first-order valence-electron chi connectivity index (χ1n) is 7.80. The van der Waals surface area contributed by atoms with E-state index in [1.54, 1.807) is 0 Å². The summed E-state index contributed by atoms with van der Waals surface area (Å²) < 4.78 is 2.62. The number of hydrogen-bond acceptors (Lipinski definition) is 3. The van der Waals surface area contributed by atoms with E-state index in [9.17, 15) is 9.59 Å². The van der Waals surface area contributed by atoms with Crippen LogP contribution in [0.3, 0.4) is 0 Å². The number of rotatable bonds is 4. The summed E-state index contributed by atoms with van der Waals surface area (Å²) in [5, 5.41) is 0. The van der Waals surface area contributed by atoms with Crippen LogP contribution in [0.5, 0.6) is 0 Å². The van der Waals surface area contributed by atoms with Crippen LogP contribution < -0.4 is 17.0 Å². The Hall–Kier alpha value is -3.08. The molecule has 0 amide bonds. The normalized spacial score (nSPS) is 10.7. The van der Waals surface area contributed by atoms with Crippen molar-refractivity contribution in [3.8, 4) is 5.69 Å². The highest BCUT2D eigenvalue weighted by Gasteiger charge is 2.12. The Bertz CT molecular complexity index is 972. The van der Waals surface area contributed by atoms with Crippen molar-refractivity contribution < 1.29 is 0 Å². The Kier molecular flexibility index (Phi) is 4.33. The summed E-state index contributed by atoms with van der Waals surface area (Å²) in [6.45, 7) is 2.22. The zero-order chi connectivity index (χ0) is 17.1. The first kappa shape index (κ1) is 15.8. The van der Waals surface area contributed by atoms with Gasteiger partial charge in [-0.3, -0.25) is 9.36 Å². The molecule has 5 nitrogen and oxygen atoms in total. The standard InChI is InChI=1S/C19H19N3O2/c1-14-7-5-6-10-16(14)22-17(20)13-18(23)21(19(22)24)12-11-15-8-3-2-4-9-15/h2-10,13H,11-12,20H2,1H3. The lowest BCUT2D eigenvalue weighted by Gasteiger charge is -2.14. The largest absolute Gasteiger partial charge is 0.385 e. The van der Waals surface area contributed by atoms with Crippen molar-refractivity contribution in [2.45, 2.75) is 19.9 Å². The SMILES string of the molecule is Cc1ccccc1-n1c(N)cc(=O)n(CCc2ccccc2)c1=O. The van der Waals surface area contributed by atoms with E-state index in [4.69, 9.17) is 5.73 Å². The zero-order valence-corrected chi connectivity index (χ0v) is 13.5. The molecule has 1 heterocycles. The molecule has 5 heteroatoms. The fourth-order valence-electron chi connectivity index (χ4n) is 2.74. The highest BCUT2D eigenvalue weighted by molar-refractivity contribution is 5.46. The zero-order valence-electron chi connectivity index (χ0n) is 13.5. The van der Waals surface area contributed by atoms with Crippen molar-refractivity contribution in [3.63, 3.8) is 0 Å². The highest BCUT2D eigenvalue weighted by atomic mass is 16.2. The van der Waals surface area contributed by atoms with Crippen molar-refractivity contribution >= 4 is 5.82 Å². The molecule has 0 saturated heterocycles. The van der Waals surface area contributed by atoms with Crippen molar-refractivity contribution in [2.24, 2.45) is 0 Å². The summed E-state index contributed by atoms with van der Waals surface area (Å²) in [6.07, 6.45) is 0.605. The van der Waals surface area contributed by atoms with E-state index in [0.29, 0.717) is 18.7 Å². The maximum absolute atomic E-state index is 12.8. The van der Waals surface area contributed by atoms with Gasteiger partial charge < -0.3 is 5.73 Å². The Morgan fingerprint density at radius 2 is 1.62 bits per heavy atom. The number of aromatic nitrogens is 2. The predicted molar refractivity (Wildman–Crippen MR) is 95.6 cm³/mol. The Morgan fingerprint density at radius 1 is 0.958 bits per heavy atom. The number of para-hydroxylation sites is 1. The third kappa shape index (κ3) is 3.01. The lowest BCUT2D eigenvalue weighted by atomic mass is 10.1. The third-order valence-corrected chi connectivity index (χ3v) is 4.04. The Morgan fingerprint density at radius 3 is 2.33 bits per heavy atom. The maximum Gasteiger partial charge on any atom is 0.337 e. The van der Waals surface area contributed by atoms with Crippen molar-refractivity contribution in [1.29, 1.82) is 0 Å². The van der Waals surface area contributed by atoms with Gasteiger partial charge >= 0.3 is 5.69 Å². The summed E-state index contributed by atoms with van der Waals surface area (Å²) in [5.41, 5.74) is 7.84. The molecular formula is C19H19N3O2. The van der Waals surface area contributed by atoms with Gasteiger partial charge in [0.2, 0.25) is 0 Å². The maximum atomic E-state index is 12.8. The van der Waals surface area contributed by atoms with Crippen LogP contribution in [0.25, 0.3) is 5.69 Å². The first-order valence-corrected chi connectivity index (χ1v) is 7.80. The highest BCUT2D eigenvalue weighted by Crippen LogP contribution is 2.13. The van der Waals surface area contributed by atoms with Crippen LogP contribution >= 0.6 is 0 Å². The minimum Gasteiger partial charge on any atom is -0.385 e. The van der Waals surface area contributed by atoms with E-state index in [2.05, 4.69) is 0 Å². The minimum absolute atomic E-state index is 0.148. The number of nitrogen functional groups attached to an aromatic ring is 1. The summed E-state index contributed by atoms with van der Waals surface area (Å²) in [7, 11) is 0. The van der Waals surface area contributed by atoms with Gasteiger partial charge in [0, 0.05) is 12.6 Å². The minimum atomic E-state index is -0.412. The molecule has 0 bridgehead atoms. The van der Waals surface area contributed by atoms with Crippen LogP contribution in [-0.2, 0) is 13.0 Å². The number of nitrogens with zero attached hydrogens (tertiary/aromatic N) is 2. The number of anilines is 1. The molecule has 122 valence electrons. The smallest absolute Gasteiger partial charge is 0.337 e. The van der Waals surface area contributed by atoms with Gasteiger partial charge in [0.25, 0.3) is 5.56 Å². The van der Waals surface area contributed by atoms with Gasteiger partial charge in [-0.2, -0.15) is 0 Å². The molecule has 0 atom stereocenters. The monoisotopic (exact) mass is 321 g/mol. The van der Waals surface area contributed by atoms with E-state index < -0.39 is 5.69 Å². The van der Waals surface area contributed by atoms with Gasteiger partial charge in [-0.05, 0) is 30.5 Å². The molecule has 3 aromatic rings. The quantitative estimate of drug-likeness (QED) is 0.800. The Labute approximate surface area is 139 Å². The van der Waals surface area contributed by atoms with E-state index >= 15 is 0 Å². The lowest BCUT2D eigenvalue weighted by Crippen LogP contribution is -2.40. The Balaban J connectivity index is 2.05. The first-order chi connectivity index (χ1) is 11.6. The van der Waals surface area contributed by atoms with Crippen molar-refractivity contribution in [3.05, 3.63) is 92.6 Å². The average molecular weight is 321 g/mol.